The van der Waals surface area contributed by atoms with Gasteiger partial charge in [-0.2, -0.15) is 0 Å². The number of hydrogen-bond donors (Lipinski definition) is 0. The van der Waals surface area contributed by atoms with E-state index in [-0.39, 0.29) is 11.5 Å². The van der Waals surface area contributed by atoms with Gasteiger partial charge in [-0.3, -0.25) is 14.2 Å². The zero-order chi connectivity index (χ0) is 24.2. The molecule has 34 heavy (non-hydrogen) atoms. The number of aromatic nitrogens is 2. The number of hydrogen-bond acceptors (Lipinski definition) is 5. The fraction of sp³-hybridized carbons (Fsp3) is 0.222. The first-order valence-electron chi connectivity index (χ1n) is 11.1. The Morgan fingerprint density at radius 3 is 2.29 bits per heavy atom. The highest BCUT2D eigenvalue weighted by atomic mass is 16.5. The largest absolute Gasteiger partial charge is 0.497 e. The lowest BCUT2D eigenvalue weighted by atomic mass is 10.1. The van der Waals surface area contributed by atoms with Gasteiger partial charge in [0.15, 0.2) is 0 Å². The molecule has 0 fully saturated rings. The van der Waals surface area contributed by atoms with Crippen molar-refractivity contribution in [3.63, 3.8) is 0 Å². The first-order valence-corrected chi connectivity index (χ1v) is 11.1. The molecule has 0 radical (unpaired) electrons. The van der Waals surface area contributed by atoms with E-state index in [4.69, 9.17) is 14.5 Å². The van der Waals surface area contributed by atoms with E-state index in [1.54, 1.807) is 60.0 Å². The first-order chi connectivity index (χ1) is 16.4. The molecule has 0 bridgehead atoms. The number of amides is 1. The minimum atomic E-state index is -0.488. The molecule has 0 aliphatic heterocycles. The third-order valence-electron chi connectivity index (χ3n) is 5.82. The van der Waals surface area contributed by atoms with E-state index < -0.39 is 6.04 Å². The Kier molecular flexibility index (Phi) is 6.63. The Balaban J connectivity index is 1.80. The summed E-state index contributed by atoms with van der Waals surface area (Å²) in [6, 6.07) is 21.0. The lowest BCUT2D eigenvalue weighted by Gasteiger charge is -2.27. The predicted molar refractivity (Wildman–Crippen MR) is 132 cm³/mol. The number of carbonyl (C=O) groups is 1. The van der Waals surface area contributed by atoms with Gasteiger partial charge in [0.2, 0.25) is 0 Å². The molecule has 0 aliphatic rings. The minimum Gasteiger partial charge on any atom is -0.497 e. The van der Waals surface area contributed by atoms with Crippen LogP contribution in [0.1, 0.15) is 36.1 Å². The predicted octanol–water partition coefficient (Wildman–Crippen LogP) is 4.63. The number of rotatable bonds is 7. The lowest BCUT2D eigenvalue weighted by molar-refractivity contribution is 0.0735. The van der Waals surface area contributed by atoms with E-state index in [0.29, 0.717) is 40.3 Å². The Morgan fingerprint density at radius 2 is 1.65 bits per heavy atom. The molecule has 4 aromatic rings. The van der Waals surface area contributed by atoms with Crippen LogP contribution in [0.3, 0.4) is 0 Å². The van der Waals surface area contributed by atoms with E-state index in [9.17, 15) is 9.59 Å². The van der Waals surface area contributed by atoms with Crippen molar-refractivity contribution >= 4 is 16.8 Å². The topological polar surface area (TPSA) is 73.7 Å². The summed E-state index contributed by atoms with van der Waals surface area (Å²) in [6.07, 6.45) is 0. The molecule has 174 valence electrons. The second-order valence-electron chi connectivity index (χ2n) is 7.88. The van der Waals surface area contributed by atoms with Gasteiger partial charge in [0.05, 0.1) is 36.3 Å². The molecule has 4 rings (SSSR count). The van der Waals surface area contributed by atoms with Gasteiger partial charge in [-0.05, 0) is 74.5 Å². The van der Waals surface area contributed by atoms with Crippen molar-refractivity contribution in [1.29, 1.82) is 0 Å². The molecular formula is C27H27N3O4. The molecule has 7 heteroatoms. The molecule has 0 saturated heterocycles. The summed E-state index contributed by atoms with van der Waals surface area (Å²) < 4.78 is 12.3. The Bertz CT molecular complexity index is 1360. The van der Waals surface area contributed by atoms with E-state index in [1.807, 2.05) is 50.2 Å². The molecule has 0 spiro atoms. The fourth-order valence-electron chi connectivity index (χ4n) is 3.82. The van der Waals surface area contributed by atoms with Gasteiger partial charge in [0, 0.05) is 12.6 Å². The monoisotopic (exact) mass is 457 g/mol. The van der Waals surface area contributed by atoms with Gasteiger partial charge in [-0.1, -0.05) is 12.1 Å². The van der Waals surface area contributed by atoms with E-state index in [2.05, 4.69) is 0 Å². The van der Waals surface area contributed by atoms with Crippen molar-refractivity contribution in [3.8, 4) is 17.2 Å². The summed E-state index contributed by atoms with van der Waals surface area (Å²) >= 11 is 0. The third kappa shape index (κ3) is 4.37. The van der Waals surface area contributed by atoms with Crippen molar-refractivity contribution in [2.75, 3.05) is 20.8 Å². The van der Waals surface area contributed by atoms with Crippen molar-refractivity contribution < 1.29 is 14.3 Å². The Morgan fingerprint density at radius 1 is 1.00 bits per heavy atom. The Hall–Kier alpha value is -4.13. The summed E-state index contributed by atoms with van der Waals surface area (Å²) in [6.45, 7) is 4.33. The molecule has 7 nitrogen and oxygen atoms in total. The molecule has 1 amide bonds. The molecule has 0 aliphatic carbocycles. The SMILES string of the molecule is CCOc1ccc(-n2c(C(C)N(C)C(=O)c3ccc(OC)cc3)nc3ccccc3c2=O)cc1. The highest BCUT2D eigenvalue weighted by Crippen LogP contribution is 2.25. The number of benzene rings is 3. The van der Waals surface area contributed by atoms with Gasteiger partial charge in [0.25, 0.3) is 11.5 Å². The molecule has 1 unspecified atom stereocenters. The highest BCUT2D eigenvalue weighted by molar-refractivity contribution is 5.94. The molecular weight excluding hydrogens is 430 g/mol. The summed E-state index contributed by atoms with van der Waals surface area (Å²) in [4.78, 5) is 33.2. The zero-order valence-electron chi connectivity index (χ0n) is 19.7. The lowest BCUT2D eigenvalue weighted by Crippen LogP contribution is -2.34. The number of carbonyl (C=O) groups excluding carboxylic acids is 1. The maximum Gasteiger partial charge on any atom is 0.266 e. The summed E-state index contributed by atoms with van der Waals surface area (Å²) in [7, 11) is 3.29. The maximum atomic E-state index is 13.6. The molecule has 1 aromatic heterocycles. The number of methoxy groups -OCH3 is 1. The van der Waals surface area contributed by atoms with Crippen molar-refractivity contribution in [3.05, 3.63) is 94.5 Å². The van der Waals surface area contributed by atoms with Gasteiger partial charge in [-0.25, -0.2) is 4.98 Å². The maximum absolute atomic E-state index is 13.6. The van der Waals surface area contributed by atoms with E-state index in [1.165, 1.54) is 0 Å². The van der Waals surface area contributed by atoms with E-state index in [0.717, 1.165) is 5.75 Å². The molecule has 0 saturated carbocycles. The summed E-state index contributed by atoms with van der Waals surface area (Å²) in [5.74, 6) is 1.68. The fourth-order valence-corrected chi connectivity index (χ4v) is 3.82. The molecule has 0 N–H and O–H groups in total. The number of para-hydroxylation sites is 1. The van der Waals surface area contributed by atoms with Crippen LogP contribution < -0.4 is 15.0 Å². The normalized spacial score (nSPS) is 11.8. The average Bonchev–Trinajstić information content (AvgIpc) is 2.88. The van der Waals surface area contributed by atoms with Crippen LogP contribution in [-0.4, -0.2) is 41.1 Å². The van der Waals surface area contributed by atoms with Crippen molar-refractivity contribution in [1.82, 2.24) is 14.5 Å². The van der Waals surface area contributed by atoms with Crippen LogP contribution in [0.4, 0.5) is 0 Å². The summed E-state index contributed by atoms with van der Waals surface area (Å²) in [5, 5.41) is 0.511. The summed E-state index contributed by atoms with van der Waals surface area (Å²) in [5.41, 5.74) is 1.56. The van der Waals surface area contributed by atoms with Crippen LogP contribution in [0.25, 0.3) is 16.6 Å². The standard InChI is InChI=1S/C27H27N3O4/c1-5-34-22-16-12-20(13-17-22)30-25(28-24-9-7-6-8-23(24)27(30)32)18(2)29(3)26(31)19-10-14-21(33-4)15-11-19/h6-18H,5H2,1-4H3. The van der Waals surface area contributed by atoms with E-state index >= 15 is 0 Å². The Labute approximate surface area is 198 Å². The number of fused-ring (bicyclic) bond motifs is 1. The highest BCUT2D eigenvalue weighted by Gasteiger charge is 2.25. The van der Waals surface area contributed by atoms with Gasteiger partial charge in [-0.15, -0.1) is 0 Å². The third-order valence-corrected chi connectivity index (χ3v) is 5.82. The quantitative estimate of drug-likeness (QED) is 0.405. The number of nitrogens with zero attached hydrogens (tertiary/aromatic N) is 3. The molecule has 1 heterocycles. The second kappa shape index (κ2) is 9.79. The van der Waals surface area contributed by atoms with Crippen LogP contribution in [0, 0.1) is 0 Å². The van der Waals surface area contributed by atoms with Crippen molar-refractivity contribution in [2.24, 2.45) is 0 Å². The van der Waals surface area contributed by atoms with Crippen LogP contribution >= 0.6 is 0 Å². The van der Waals surface area contributed by atoms with Crippen LogP contribution in [0.15, 0.2) is 77.6 Å². The molecule has 3 aromatic carbocycles. The first kappa shape index (κ1) is 23.0. The smallest absolute Gasteiger partial charge is 0.266 e. The van der Waals surface area contributed by atoms with Crippen LogP contribution in [0.2, 0.25) is 0 Å². The second-order valence-corrected chi connectivity index (χ2v) is 7.88. The van der Waals surface area contributed by atoms with Gasteiger partial charge < -0.3 is 14.4 Å². The van der Waals surface area contributed by atoms with Crippen LogP contribution in [-0.2, 0) is 0 Å². The minimum absolute atomic E-state index is 0.184. The van der Waals surface area contributed by atoms with Gasteiger partial charge in [0.1, 0.15) is 17.3 Å². The van der Waals surface area contributed by atoms with Crippen molar-refractivity contribution in [2.45, 2.75) is 19.9 Å². The molecule has 1 atom stereocenters. The van der Waals surface area contributed by atoms with Crippen LogP contribution in [0.5, 0.6) is 11.5 Å². The average molecular weight is 458 g/mol. The van der Waals surface area contributed by atoms with Gasteiger partial charge >= 0.3 is 0 Å². The number of ether oxygens (including phenoxy) is 2. The zero-order valence-corrected chi connectivity index (χ0v) is 19.7.